The van der Waals surface area contributed by atoms with Crippen LogP contribution in [0.15, 0.2) is 36.4 Å². The molecular weight excluding hydrogens is 317 g/mol. The van der Waals surface area contributed by atoms with Gasteiger partial charge in [-0.15, -0.1) is 0 Å². The Balaban J connectivity index is 2.85. The minimum absolute atomic E-state index is 0.280. The Kier molecular flexibility index (Phi) is 3.80. The van der Waals surface area contributed by atoms with Crippen LogP contribution in [0, 0.1) is 5.82 Å². The molecule has 0 spiro atoms. The van der Waals surface area contributed by atoms with Crippen molar-refractivity contribution in [3.8, 4) is 16.9 Å². The normalized spacial score (nSPS) is 12.5. The molecule has 0 amide bonds. The zero-order chi connectivity index (χ0) is 16.7. The van der Waals surface area contributed by atoms with E-state index in [1.165, 1.54) is 0 Å². The molecule has 0 aliphatic rings. The van der Waals surface area contributed by atoms with Gasteiger partial charge < -0.3 is 5.11 Å². The van der Waals surface area contributed by atoms with Crippen LogP contribution in [0.2, 0.25) is 0 Å². The maximum Gasteiger partial charge on any atom is 0.417 e. The summed E-state index contributed by atoms with van der Waals surface area (Å²) in [5, 5.41) is 9.56. The van der Waals surface area contributed by atoms with Crippen LogP contribution in [-0.4, -0.2) is 5.11 Å². The summed E-state index contributed by atoms with van der Waals surface area (Å²) in [6.45, 7) is 0. The summed E-state index contributed by atoms with van der Waals surface area (Å²) >= 11 is 0. The third-order valence-electron chi connectivity index (χ3n) is 2.90. The zero-order valence-electron chi connectivity index (χ0n) is 10.6. The lowest BCUT2D eigenvalue weighted by atomic mass is 9.94. The van der Waals surface area contributed by atoms with Gasteiger partial charge in [0.05, 0.1) is 11.1 Å². The molecule has 0 unspecified atom stereocenters. The van der Waals surface area contributed by atoms with Gasteiger partial charge in [-0.1, -0.05) is 12.1 Å². The standard InChI is InChI=1S/C14H7F7O/c15-7-4-5-11(22)9(6-7)8-2-1-3-10(13(16,17)18)12(8)14(19,20)21/h1-6,22H. The number of phenolic OH excluding ortho intramolecular Hbond substituents is 1. The van der Waals surface area contributed by atoms with Crippen molar-refractivity contribution in [1.82, 2.24) is 0 Å². The van der Waals surface area contributed by atoms with Gasteiger partial charge in [-0.25, -0.2) is 4.39 Å². The van der Waals surface area contributed by atoms with Crippen LogP contribution < -0.4 is 0 Å². The second-order valence-electron chi connectivity index (χ2n) is 4.39. The molecule has 0 fully saturated rings. The molecule has 0 heterocycles. The first-order chi connectivity index (χ1) is 10.0. The molecule has 1 N–H and O–H groups in total. The highest BCUT2D eigenvalue weighted by atomic mass is 19.4. The lowest BCUT2D eigenvalue weighted by molar-refractivity contribution is -0.161. The number of halogens is 7. The zero-order valence-corrected chi connectivity index (χ0v) is 10.6. The van der Waals surface area contributed by atoms with E-state index < -0.39 is 46.2 Å². The van der Waals surface area contributed by atoms with Crippen LogP contribution in [-0.2, 0) is 12.4 Å². The molecule has 0 aliphatic carbocycles. The Morgan fingerprint density at radius 1 is 0.773 bits per heavy atom. The first-order valence-electron chi connectivity index (χ1n) is 5.78. The molecule has 2 aromatic carbocycles. The molecule has 0 atom stereocenters. The predicted octanol–water partition coefficient (Wildman–Crippen LogP) is 5.24. The molecule has 2 aromatic rings. The number of benzene rings is 2. The van der Waals surface area contributed by atoms with Gasteiger partial charge in [0.1, 0.15) is 11.6 Å². The van der Waals surface area contributed by atoms with E-state index in [1.807, 2.05) is 0 Å². The van der Waals surface area contributed by atoms with E-state index in [2.05, 4.69) is 0 Å². The second kappa shape index (κ2) is 5.19. The summed E-state index contributed by atoms with van der Waals surface area (Å²) in [5.74, 6) is -1.75. The van der Waals surface area contributed by atoms with Crippen molar-refractivity contribution in [2.24, 2.45) is 0 Å². The van der Waals surface area contributed by atoms with Crippen molar-refractivity contribution >= 4 is 0 Å². The number of hydrogen-bond donors (Lipinski definition) is 1. The molecule has 8 heteroatoms. The average molecular weight is 324 g/mol. The Morgan fingerprint density at radius 3 is 1.95 bits per heavy atom. The van der Waals surface area contributed by atoms with Crippen LogP contribution in [0.25, 0.3) is 11.1 Å². The summed E-state index contributed by atoms with van der Waals surface area (Å²) in [6, 6.07) is 3.87. The SMILES string of the molecule is Oc1ccc(F)cc1-c1cccc(C(F)(F)F)c1C(F)(F)F. The Bertz CT molecular complexity index is 701. The summed E-state index contributed by atoms with van der Waals surface area (Å²) in [6.07, 6.45) is -10.6. The fourth-order valence-electron chi connectivity index (χ4n) is 2.04. The number of phenols is 1. The van der Waals surface area contributed by atoms with Crippen molar-refractivity contribution in [3.05, 3.63) is 53.3 Å². The summed E-state index contributed by atoms with van der Waals surface area (Å²) in [5.41, 5.74) is -5.48. The van der Waals surface area contributed by atoms with Crippen LogP contribution in [0.1, 0.15) is 11.1 Å². The van der Waals surface area contributed by atoms with Gasteiger partial charge in [-0.05, 0) is 29.8 Å². The van der Waals surface area contributed by atoms with Crippen LogP contribution in [0.5, 0.6) is 5.75 Å². The molecule has 0 aliphatic heterocycles. The summed E-state index contributed by atoms with van der Waals surface area (Å²) in [7, 11) is 0. The van der Waals surface area contributed by atoms with Crippen molar-refractivity contribution in [2.45, 2.75) is 12.4 Å². The quantitative estimate of drug-likeness (QED) is 0.712. The van der Waals surface area contributed by atoms with Crippen LogP contribution in [0.4, 0.5) is 30.7 Å². The summed E-state index contributed by atoms with van der Waals surface area (Å²) < 4.78 is 90.9. The molecule has 0 radical (unpaired) electrons. The minimum Gasteiger partial charge on any atom is -0.507 e. The number of hydrogen-bond acceptors (Lipinski definition) is 1. The maximum absolute atomic E-state index is 13.2. The van der Waals surface area contributed by atoms with Gasteiger partial charge in [0.15, 0.2) is 0 Å². The molecule has 118 valence electrons. The molecule has 0 saturated carbocycles. The highest BCUT2D eigenvalue weighted by Gasteiger charge is 2.45. The Hall–Kier alpha value is -2.25. The average Bonchev–Trinajstić information content (AvgIpc) is 2.38. The number of aromatic hydroxyl groups is 1. The number of alkyl halides is 6. The molecule has 0 aromatic heterocycles. The lowest BCUT2D eigenvalue weighted by Crippen LogP contribution is -2.17. The van der Waals surface area contributed by atoms with E-state index in [9.17, 15) is 35.8 Å². The Labute approximate surface area is 119 Å². The van der Waals surface area contributed by atoms with E-state index in [4.69, 9.17) is 0 Å². The van der Waals surface area contributed by atoms with Crippen molar-refractivity contribution in [2.75, 3.05) is 0 Å². The van der Waals surface area contributed by atoms with Crippen LogP contribution >= 0.6 is 0 Å². The molecule has 0 bridgehead atoms. The van der Waals surface area contributed by atoms with E-state index in [1.54, 1.807) is 0 Å². The van der Waals surface area contributed by atoms with Gasteiger partial charge in [-0.3, -0.25) is 0 Å². The number of rotatable bonds is 1. The minimum atomic E-state index is -5.33. The first-order valence-corrected chi connectivity index (χ1v) is 5.78. The highest BCUT2D eigenvalue weighted by molar-refractivity contribution is 5.75. The van der Waals surface area contributed by atoms with E-state index >= 15 is 0 Å². The lowest BCUT2D eigenvalue weighted by Gasteiger charge is -2.19. The van der Waals surface area contributed by atoms with Gasteiger partial charge in [0.25, 0.3) is 0 Å². The van der Waals surface area contributed by atoms with Crippen LogP contribution in [0.3, 0.4) is 0 Å². The highest BCUT2D eigenvalue weighted by Crippen LogP contribution is 2.46. The third kappa shape index (κ3) is 3.00. The van der Waals surface area contributed by atoms with E-state index in [0.29, 0.717) is 6.07 Å². The molecular formula is C14H7F7O. The summed E-state index contributed by atoms with van der Waals surface area (Å²) in [4.78, 5) is 0. The smallest absolute Gasteiger partial charge is 0.417 e. The van der Waals surface area contributed by atoms with E-state index in [-0.39, 0.29) is 6.07 Å². The predicted molar refractivity (Wildman–Crippen MR) is 63.5 cm³/mol. The van der Waals surface area contributed by atoms with Gasteiger partial charge in [0.2, 0.25) is 0 Å². The fourth-order valence-corrected chi connectivity index (χ4v) is 2.04. The molecule has 2 rings (SSSR count). The van der Waals surface area contributed by atoms with Gasteiger partial charge in [-0.2, -0.15) is 26.3 Å². The monoisotopic (exact) mass is 324 g/mol. The van der Waals surface area contributed by atoms with Gasteiger partial charge >= 0.3 is 12.4 Å². The van der Waals surface area contributed by atoms with Crippen molar-refractivity contribution in [3.63, 3.8) is 0 Å². The fraction of sp³-hybridized carbons (Fsp3) is 0.143. The molecule has 0 saturated heterocycles. The third-order valence-corrected chi connectivity index (χ3v) is 2.90. The van der Waals surface area contributed by atoms with Crippen molar-refractivity contribution in [1.29, 1.82) is 0 Å². The largest absolute Gasteiger partial charge is 0.507 e. The molecule has 22 heavy (non-hydrogen) atoms. The maximum atomic E-state index is 13.2. The second-order valence-corrected chi connectivity index (χ2v) is 4.39. The van der Waals surface area contributed by atoms with Crippen molar-refractivity contribution < 1.29 is 35.8 Å². The Morgan fingerprint density at radius 2 is 1.41 bits per heavy atom. The molecule has 1 nitrogen and oxygen atoms in total. The topological polar surface area (TPSA) is 20.2 Å². The first kappa shape index (κ1) is 16.1. The van der Waals surface area contributed by atoms with E-state index in [0.717, 1.165) is 24.3 Å². The van der Waals surface area contributed by atoms with Gasteiger partial charge in [0, 0.05) is 5.56 Å².